The standard InChI is InChI=1S/C32H43Cl2N7O4S.3C2HF3O2/c1-22-11-12-23-9-8-10-26(29(23)38-22)45-21-24-25(33)13-14-27(28(24)34)46(43,44)39-32(2,3)30(42)41-19-17-40(18-20-41)16-7-5-4-6-15-37-31(35)36;3*3-2(4,5)1(6)7/h8-14,39H,4-7,15-21H2,1-3H3,(H4,35,36,37);3*(H,6,7). The molecule has 2 aromatic carbocycles. The van der Waals surface area contributed by atoms with Gasteiger partial charge < -0.3 is 36.4 Å². The lowest BCUT2D eigenvalue weighted by atomic mass is 10.0. The van der Waals surface area contributed by atoms with Crippen molar-refractivity contribution >= 4 is 73.9 Å². The fourth-order valence-corrected chi connectivity index (χ4v) is 7.67. The Labute approximate surface area is 386 Å². The monoisotopic (exact) mass is 1030 g/mol. The SMILES string of the molecule is Cc1ccc2cccc(OCc3c(Cl)ccc(S(=O)(=O)NC(C)(C)C(=O)N4CCN(CCCCCCN=C(N)N)CC4)c3Cl)c2n1.O=C(O)C(F)(F)F.O=C(O)C(F)(F)F.O=C(O)C(F)(F)F. The molecule has 1 amide bonds. The predicted molar refractivity (Wildman–Crippen MR) is 225 cm³/mol. The van der Waals surface area contributed by atoms with E-state index in [0.29, 0.717) is 36.5 Å². The molecule has 1 aromatic heterocycles. The summed E-state index contributed by atoms with van der Waals surface area (Å²) in [5.74, 6) is -7.93. The number of alkyl halides is 9. The van der Waals surface area contributed by atoms with Gasteiger partial charge in [-0.25, -0.2) is 27.8 Å². The number of sulfonamides is 1. The van der Waals surface area contributed by atoms with Gasteiger partial charge in [-0.2, -0.15) is 44.2 Å². The number of carboxylic acid groups (broad SMARTS) is 3. The van der Waals surface area contributed by atoms with E-state index in [4.69, 9.17) is 69.1 Å². The van der Waals surface area contributed by atoms with Gasteiger partial charge in [-0.05, 0) is 64.4 Å². The molecule has 1 fully saturated rings. The summed E-state index contributed by atoms with van der Waals surface area (Å²) in [6.45, 7) is 8.99. The summed E-state index contributed by atoms with van der Waals surface area (Å²) < 4.78 is 131. The van der Waals surface area contributed by atoms with Crippen molar-refractivity contribution in [2.45, 2.75) is 82.0 Å². The number of para-hydroxylation sites is 1. The van der Waals surface area contributed by atoms with Gasteiger partial charge in [-0.1, -0.05) is 54.2 Å². The van der Waals surface area contributed by atoms with Gasteiger partial charge in [0.15, 0.2) is 5.96 Å². The number of rotatable bonds is 14. The molecule has 4 rings (SSSR count). The zero-order valence-electron chi connectivity index (χ0n) is 35.5. The highest BCUT2D eigenvalue weighted by Gasteiger charge is 2.40. The van der Waals surface area contributed by atoms with Crippen molar-refractivity contribution in [2.24, 2.45) is 16.5 Å². The van der Waals surface area contributed by atoms with E-state index in [-0.39, 0.29) is 33.4 Å². The number of aryl methyl sites for hydroxylation is 1. The number of amides is 1. The first-order valence-corrected chi connectivity index (χ1v) is 21.3. The van der Waals surface area contributed by atoms with E-state index in [1.54, 1.807) is 24.8 Å². The van der Waals surface area contributed by atoms with Gasteiger partial charge in [0.25, 0.3) is 0 Å². The zero-order valence-corrected chi connectivity index (χ0v) is 37.9. The Bertz CT molecular complexity index is 2250. The van der Waals surface area contributed by atoms with Crippen LogP contribution >= 0.6 is 23.2 Å². The summed E-state index contributed by atoms with van der Waals surface area (Å²) in [7, 11) is -4.22. The molecule has 1 saturated heterocycles. The average molecular weight is 1030 g/mol. The lowest BCUT2D eigenvalue weighted by Crippen LogP contribution is -2.59. The normalized spacial score (nSPS) is 13.4. The van der Waals surface area contributed by atoms with Crippen LogP contribution < -0.4 is 20.9 Å². The van der Waals surface area contributed by atoms with Crippen LogP contribution in [-0.4, -0.2) is 132 Å². The fourth-order valence-electron chi connectivity index (χ4n) is 5.41. The lowest BCUT2D eigenvalue weighted by molar-refractivity contribution is -0.193. The number of aliphatic carboxylic acids is 3. The number of benzene rings is 2. The van der Waals surface area contributed by atoms with Gasteiger partial charge >= 0.3 is 36.4 Å². The molecule has 8 N–H and O–H groups in total. The maximum absolute atomic E-state index is 13.6. The van der Waals surface area contributed by atoms with Crippen LogP contribution in [0.2, 0.25) is 10.0 Å². The van der Waals surface area contributed by atoms with Gasteiger partial charge in [0.2, 0.25) is 15.9 Å². The number of nitrogens with zero attached hydrogens (tertiary/aromatic N) is 4. The summed E-state index contributed by atoms with van der Waals surface area (Å²) in [5, 5.41) is 22.5. The van der Waals surface area contributed by atoms with Crippen LogP contribution in [0.4, 0.5) is 39.5 Å². The van der Waals surface area contributed by atoms with Crippen LogP contribution in [-0.2, 0) is 35.8 Å². The predicted octanol–water partition coefficient (Wildman–Crippen LogP) is 6.36. The number of aliphatic imine (C=N–C) groups is 1. The topological polar surface area (TPSA) is 268 Å². The molecule has 0 unspecified atom stereocenters. The number of hydrogen-bond acceptors (Lipinski definition) is 10. The highest BCUT2D eigenvalue weighted by atomic mass is 35.5. The van der Waals surface area contributed by atoms with E-state index in [9.17, 15) is 52.7 Å². The first-order chi connectivity index (χ1) is 30.6. The molecule has 0 saturated carbocycles. The van der Waals surface area contributed by atoms with Gasteiger partial charge in [-0.15, -0.1) is 0 Å². The second kappa shape index (κ2) is 25.7. The second-order valence-electron chi connectivity index (χ2n) is 14.4. The Kier molecular flexibility index (Phi) is 22.8. The molecule has 17 nitrogen and oxygen atoms in total. The van der Waals surface area contributed by atoms with Crippen molar-refractivity contribution in [2.75, 3.05) is 39.3 Å². The van der Waals surface area contributed by atoms with E-state index in [2.05, 4.69) is 19.6 Å². The number of guanidine groups is 1. The van der Waals surface area contributed by atoms with Gasteiger partial charge in [0.1, 0.15) is 28.3 Å². The van der Waals surface area contributed by atoms with Crippen molar-refractivity contribution < 1.29 is 87.2 Å². The third kappa shape index (κ3) is 21.0. The van der Waals surface area contributed by atoms with E-state index in [1.807, 2.05) is 31.2 Å². The molecular weight excluding hydrogens is 988 g/mol. The number of aromatic nitrogens is 1. The zero-order chi connectivity index (χ0) is 51.7. The van der Waals surface area contributed by atoms with Crippen molar-refractivity contribution in [1.29, 1.82) is 0 Å². The number of ether oxygens (including phenoxy) is 1. The molecule has 0 atom stereocenters. The van der Waals surface area contributed by atoms with Gasteiger partial charge in [0, 0.05) is 54.4 Å². The maximum Gasteiger partial charge on any atom is 0.490 e. The molecule has 1 aliphatic heterocycles. The molecule has 3 aromatic rings. The largest absolute Gasteiger partial charge is 0.490 e. The number of nitrogens with two attached hydrogens (primary N) is 2. The average Bonchev–Trinajstić information content (AvgIpc) is 3.19. The Morgan fingerprint density at radius 3 is 1.79 bits per heavy atom. The quantitative estimate of drug-likeness (QED) is 0.0444. The minimum Gasteiger partial charge on any atom is -0.487 e. The van der Waals surface area contributed by atoms with Crippen molar-refractivity contribution in [3.63, 3.8) is 0 Å². The van der Waals surface area contributed by atoms with E-state index < -0.39 is 52.0 Å². The number of fused-ring (bicyclic) bond motifs is 1. The fraction of sp³-hybridized carbons (Fsp3) is 0.474. The van der Waals surface area contributed by atoms with Gasteiger partial charge in [0.05, 0.1) is 5.02 Å². The smallest absolute Gasteiger partial charge is 0.487 e. The third-order valence-electron chi connectivity index (χ3n) is 8.62. The van der Waals surface area contributed by atoms with Crippen molar-refractivity contribution in [3.8, 4) is 5.75 Å². The van der Waals surface area contributed by atoms with Crippen LogP contribution in [0.1, 0.15) is 50.8 Å². The maximum atomic E-state index is 13.6. The van der Waals surface area contributed by atoms with Crippen LogP contribution in [0.5, 0.6) is 5.75 Å². The minimum atomic E-state index is -5.08. The number of unbranched alkanes of at least 4 members (excludes halogenated alkanes) is 3. The first kappa shape index (κ1) is 59.6. The summed E-state index contributed by atoms with van der Waals surface area (Å²) >= 11 is 13.1. The highest BCUT2D eigenvalue weighted by molar-refractivity contribution is 7.89. The number of carbonyl (C=O) groups is 4. The molecule has 67 heavy (non-hydrogen) atoms. The summed E-state index contributed by atoms with van der Waals surface area (Å²) in [5.41, 5.74) is 11.1. The third-order valence-corrected chi connectivity index (χ3v) is 11.2. The lowest BCUT2D eigenvalue weighted by Gasteiger charge is -2.38. The minimum absolute atomic E-state index is 0.0718. The molecule has 0 radical (unpaired) electrons. The van der Waals surface area contributed by atoms with Crippen molar-refractivity contribution in [1.82, 2.24) is 19.5 Å². The highest BCUT2D eigenvalue weighted by Crippen LogP contribution is 2.34. The molecule has 0 bridgehead atoms. The van der Waals surface area contributed by atoms with E-state index in [1.165, 1.54) is 12.1 Å². The number of hydrogen-bond donors (Lipinski definition) is 6. The number of nitrogens with one attached hydrogen (secondary N) is 1. The van der Waals surface area contributed by atoms with Crippen LogP contribution in [0.15, 0.2) is 52.4 Å². The number of pyridine rings is 1. The second-order valence-corrected chi connectivity index (χ2v) is 16.8. The Morgan fingerprint density at radius 2 is 1.30 bits per heavy atom. The number of piperazine rings is 1. The summed E-state index contributed by atoms with van der Waals surface area (Å²) in [6, 6.07) is 12.2. The molecule has 0 spiro atoms. The summed E-state index contributed by atoms with van der Waals surface area (Å²) in [4.78, 5) is 52.6. The Morgan fingerprint density at radius 1 is 0.791 bits per heavy atom. The van der Waals surface area contributed by atoms with E-state index in [0.717, 1.165) is 56.4 Å². The molecule has 29 heteroatoms. The number of carboxylic acids is 3. The van der Waals surface area contributed by atoms with Gasteiger partial charge in [-0.3, -0.25) is 14.7 Å². The van der Waals surface area contributed by atoms with Crippen LogP contribution in [0.3, 0.4) is 0 Å². The molecule has 2 heterocycles. The van der Waals surface area contributed by atoms with Crippen LogP contribution in [0, 0.1) is 6.92 Å². The van der Waals surface area contributed by atoms with Crippen LogP contribution in [0.25, 0.3) is 10.9 Å². The van der Waals surface area contributed by atoms with Crippen molar-refractivity contribution in [3.05, 3.63) is 63.8 Å². The molecular formula is C38H46Cl2F9N7O10S. The molecule has 0 aliphatic carbocycles. The molecule has 376 valence electrons. The molecule has 1 aliphatic rings. The number of carbonyl (C=O) groups excluding carboxylic acids is 1. The van der Waals surface area contributed by atoms with E-state index >= 15 is 0 Å². The Hall–Kier alpha value is -5.38. The summed E-state index contributed by atoms with van der Waals surface area (Å²) in [6.07, 6.45) is -11.1. The number of halogens is 11. The Balaban J connectivity index is 0.000000882. The first-order valence-electron chi connectivity index (χ1n) is 19.1.